The van der Waals surface area contributed by atoms with E-state index in [1.807, 2.05) is 6.26 Å². The molecule has 0 saturated heterocycles. The zero-order valence-corrected chi connectivity index (χ0v) is 15.6. The Labute approximate surface area is 152 Å². The number of hydrogen-bond donors (Lipinski definition) is 0. The maximum Gasteiger partial charge on any atom is 0.337 e. The number of esters is 1. The van der Waals surface area contributed by atoms with Gasteiger partial charge >= 0.3 is 5.97 Å². The number of carbonyl (C=O) groups is 1. The van der Waals surface area contributed by atoms with Crippen LogP contribution in [0.4, 0.5) is 5.69 Å². The molecule has 0 N–H and O–H groups in total. The average Bonchev–Trinajstić information content (AvgIpc) is 2.65. The third-order valence-corrected chi connectivity index (χ3v) is 6.05. The van der Waals surface area contributed by atoms with Gasteiger partial charge in [0.1, 0.15) is 0 Å². The SMILES string of the molecule is C=CCN(c1cccc(C(=O)OC)c1)S(=O)(=O)c1ccc(SC)cc1. The minimum Gasteiger partial charge on any atom is -0.465 e. The van der Waals surface area contributed by atoms with Gasteiger partial charge in [0.05, 0.1) is 29.8 Å². The van der Waals surface area contributed by atoms with E-state index in [4.69, 9.17) is 4.74 Å². The van der Waals surface area contributed by atoms with Crippen LogP contribution in [0.15, 0.2) is 71.0 Å². The van der Waals surface area contributed by atoms with Crippen LogP contribution < -0.4 is 4.31 Å². The number of carbonyl (C=O) groups excluding carboxylic acids is 1. The maximum atomic E-state index is 13.0. The number of methoxy groups -OCH3 is 1. The van der Waals surface area contributed by atoms with Crippen LogP contribution in [0.5, 0.6) is 0 Å². The van der Waals surface area contributed by atoms with Crippen molar-refractivity contribution in [3.8, 4) is 0 Å². The Kier molecular flexibility index (Phi) is 6.27. The van der Waals surface area contributed by atoms with Gasteiger partial charge in [0.15, 0.2) is 0 Å². The first-order valence-electron chi connectivity index (χ1n) is 7.40. The number of hydrogen-bond acceptors (Lipinski definition) is 5. The largest absolute Gasteiger partial charge is 0.465 e. The monoisotopic (exact) mass is 377 g/mol. The molecule has 2 rings (SSSR count). The minimum atomic E-state index is -3.79. The molecule has 5 nitrogen and oxygen atoms in total. The topological polar surface area (TPSA) is 63.7 Å². The summed E-state index contributed by atoms with van der Waals surface area (Å²) in [7, 11) is -2.51. The van der Waals surface area contributed by atoms with Gasteiger partial charge in [0.25, 0.3) is 10.0 Å². The molecule has 0 aromatic heterocycles. The molecule has 2 aromatic rings. The van der Waals surface area contributed by atoms with E-state index in [0.717, 1.165) is 4.90 Å². The molecule has 0 radical (unpaired) electrons. The Bertz CT molecular complexity index is 861. The molecule has 0 amide bonds. The van der Waals surface area contributed by atoms with Crippen LogP contribution in [0.25, 0.3) is 0 Å². The lowest BCUT2D eigenvalue weighted by atomic mass is 10.2. The number of nitrogens with zero attached hydrogens (tertiary/aromatic N) is 1. The molecule has 7 heteroatoms. The fraction of sp³-hybridized carbons (Fsp3) is 0.167. The van der Waals surface area contributed by atoms with E-state index in [-0.39, 0.29) is 17.0 Å². The van der Waals surface area contributed by atoms with Crippen molar-refractivity contribution in [3.63, 3.8) is 0 Å². The van der Waals surface area contributed by atoms with Crippen molar-refractivity contribution in [2.75, 3.05) is 24.2 Å². The summed E-state index contributed by atoms with van der Waals surface area (Å²) >= 11 is 1.53. The van der Waals surface area contributed by atoms with E-state index >= 15 is 0 Å². The summed E-state index contributed by atoms with van der Waals surface area (Å²) in [6, 6.07) is 13.0. The first-order chi connectivity index (χ1) is 11.9. The highest BCUT2D eigenvalue weighted by Crippen LogP contribution is 2.26. The van der Waals surface area contributed by atoms with Crippen molar-refractivity contribution in [1.29, 1.82) is 0 Å². The molecule has 0 aliphatic rings. The van der Waals surface area contributed by atoms with E-state index in [1.165, 1.54) is 35.3 Å². The zero-order chi connectivity index (χ0) is 18.4. The van der Waals surface area contributed by atoms with Crippen molar-refractivity contribution in [2.24, 2.45) is 0 Å². The van der Waals surface area contributed by atoms with Crippen molar-refractivity contribution in [2.45, 2.75) is 9.79 Å². The van der Waals surface area contributed by atoms with E-state index in [9.17, 15) is 13.2 Å². The second-order valence-electron chi connectivity index (χ2n) is 5.04. The lowest BCUT2D eigenvalue weighted by Gasteiger charge is -2.23. The summed E-state index contributed by atoms with van der Waals surface area (Å²) in [6.45, 7) is 3.71. The fourth-order valence-electron chi connectivity index (χ4n) is 2.24. The highest BCUT2D eigenvalue weighted by Gasteiger charge is 2.24. The predicted molar refractivity (Wildman–Crippen MR) is 101 cm³/mol. The molecule has 25 heavy (non-hydrogen) atoms. The minimum absolute atomic E-state index is 0.0806. The Balaban J connectivity index is 2.49. The van der Waals surface area contributed by atoms with Crippen LogP contribution in [0.2, 0.25) is 0 Å². The van der Waals surface area contributed by atoms with Gasteiger partial charge in [-0.15, -0.1) is 18.3 Å². The summed E-state index contributed by atoms with van der Waals surface area (Å²) < 4.78 is 32.0. The number of sulfonamides is 1. The van der Waals surface area contributed by atoms with Crippen molar-refractivity contribution in [3.05, 3.63) is 66.7 Å². The van der Waals surface area contributed by atoms with E-state index < -0.39 is 16.0 Å². The van der Waals surface area contributed by atoms with Gasteiger partial charge in [-0.05, 0) is 48.7 Å². The van der Waals surface area contributed by atoms with Gasteiger partial charge in [0.2, 0.25) is 0 Å². The summed E-state index contributed by atoms with van der Waals surface area (Å²) in [5, 5.41) is 0. The van der Waals surface area contributed by atoms with Crippen LogP contribution >= 0.6 is 11.8 Å². The van der Waals surface area contributed by atoms with Crippen LogP contribution in [0.1, 0.15) is 10.4 Å². The molecule has 0 spiro atoms. The summed E-state index contributed by atoms with van der Waals surface area (Å²) in [4.78, 5) is 12.9. The smallest absolute Gasteiger partial charge is 0.337 e. The normalized spacial score (nSPS) is 11.0. The van der Waals surface area contributed by atoms with Crippen molar-refractivity contribution < 1.29 is 17.9 Å². The molecule has 132 valence electrons. The van der Waals surface area contributed by atoms with Crippen LogP contribution in [0.3, 0.4) is 0 Å². The van der Waals surface area contributed by atoms with Crippen LogP contribution in [0, 0.1) is 0 Å². The number of benzene rings is 2. The Morgan fingerprint density at radius 1 is 1.24 bits per heavy atom. The summed E-state index contributed by atoms with van der Waals surface area (Å²) in [5.41, 5.74) is 0.652. The van der Waals surface area contributed by atoms with Crippen molar-refractivity contribution in [1.82, 2.24) is 0 Å². The van der Waals surface area contributed by atoms with Gasteiger partial charge in [-0.25, -0.2) is 13.2 Å². The van der Waals surface area contributed by atoms with Gasteiger partial charge in [0, 0.05) is 4.90 Å². The molecule has 0 aliphatic carbocycles. The standard InChI is InChI=1S/C18H19NO4S2/c1-4-12-19(15-7-5-6-14(13-15)18(20)23-2)25(21,22)17-10-8-16(24-3)9-11-17/h4-11,13H,1,12H2,2-3H3. The second-order valence-corrected chi connectivity index (χ2v) is 7.78. The van der Waals surface area contributed by atoms with Crippen LogP contribution in [-0.4, -0.2) is 34.3 Å². The summed E-state index contributed by atoms with van der Waals surface area (Å²) in [6.07, 6.45) is 3.42. The number of ether oxygens (including phenoxy) is 1. The lowest BCUT2D eigenvalue weighted by Crippen LogP contribution is -2.31. The molecular formula is C18H19NO4S2. The number of thioether (sulfide) groups is 1. The maximum absolute atomic E-state index is 13.0. The third kappa shape index (κ3) is 4.24. The summed E-state index contributed by atoms with van der Waals surface area (Å²) in [5.74, 6) is -0.526. The Morgan fingerprint density at radius 3 is 2.48 bits per heavy atom. The third-order valence-electron chi connectivity index (χ3n) is 3.50. The molecule has 0 heterocycles. The van der Waals surface area contributed by atoms with Crippen molar-refractivity contribution >= 4 is 33.4 Å². The Morgan fingerprint density at radius 2 is 1.92 bits per heavy atom. The number of anilines is 1. The molecule has 0 bridgehead atoms. The first-order valence-corrected chi connectivity index (χ1v) is 10.1. The molecule has 0 fully saturated rings. The molecular weight excluding hydrogens is 358 g/mol. The molecule has 0 aliphatic heterocycles. The van der Waals surface area contributed by atoms with Gasteiger partial charge in [-0.2, -0.15) is 0 Å². The number of rotatable bonds is 7. The quantitative estimate of drug-likeness (QED) is 0.419. The molecule has 0 saturated carbocycles. The van der Waals surface area contributed by atoms with Gasteiger partial charge in [-0.1, -0.05) is 12.1 Å². The van der Waals surface area contributed by atoms with E-state index in [1.54, 1.807) is 42.5 Å². The molecule has 0 unspecified atom stereocenters. The second kappa shape index (κ2) is 8.22. The lowest BCUT2D eigenvalue weighted by molar-refractivity contribution is 0.0600. The highest BCUT2D eigenvalue weighted by atomic mass is 32.2. The zero-order valence-electron chi connectivity index (χ0n) is 14.0. The predicted octanol–water partition coefficient (Wildman–Crippen LogP) is 3.58. The average molecular weight is 377 g/mol. The van der Waals surface area contributed by atoms with Gasteiger partial charge in [-0.3, -0.25) is 4.31 Å². The highest BCUT2D eigenvalue weighted by molar-refractivity contribution is 7.98. The van der Waals surface area contributed by atoms with E-state index in [2.05, 4.69) is 6.58 Å². The first kappa shape index (κ1) is 19.1. The molecule has 2 aromatic carbocycles. The fourth-order valence-corrected chi connectivity index (χ4v) is 4.08. The molecule has 0 atom stereocenters. The Hall–Kier alpha value is -2.25. The van der Waals surface area contributed by atoms with Gasteiger partial charge < -0.3 is 4.74 Å². The van der Waals surface area contributed by atoms with E-state index in [0.29, 0.717) is 5.69 Å². The van der Waals surface area contributed by atoms with Crippen LogP contribution in [-0.2, 0) is 14.8 Å².